The van der Waals surface area contributed by atoms with Crippen LogP contribution < -0.4 is 10.6 Å². The number of thiophene rings is 1. The Hall–Kier alpha value is -1.89. The maximum atomic E-state index is 11.7. The van der Waals surface area contributed by atoms with Crippen LogP contribution in [-0.4, -0.2) is 37.5 Å². The lowest BCUT2D eigenvalue weighted by molar-refractivity contribution is -0.140. The molecule has 0 saturated carbocycles. The molecule has 0 bridgehead atoms. The Kier molecular flexibility index (Phi) is 6.01. The lowest BCUT2D eigenvalue weighted by Crippen LogP contribution is -2.45. The van der Waals surface area contributed by atoms with Gasteiger partial charge in [-0.2, -0.15) is 0 Å². The van der Waals surface area contributed by atoms with E-state index in [-0.39, 0.29) is 24.8 Å². The van der Waals surface area contributed by atoms with Gasteiger partial charge >= 0.3 is 5.97 Å². The predicted octanol–water partition coefficient (Wildman–Crippen LogP) is 0.546. The quantitative estimate of drug-likeness (QED) is 0.747. The first-order chi connectivity index (χ1) is 9.04. The fraction of sp³-hybridized carbons (Fsp3) is 0.417. The smallest absolute Gasteiger partial charge is 0.307 e. The molecular formula is C12H16N2O4S. The Labute approximate surface area is 115 Å². The molecule has 7 heteroatoms. The van der Waals surface area contributed by atoms with Gasteiger partial charge in [-0.15, -0.1) is 11.3 Å². The Balaban J connectivity index is 2.32. The van der Waals surface area contributed by atoms with Crippen molar-refractivity contribution in [2.45, 2.75) is 19.4 Å². The van der Waals surface area contributed by atoms with Gasteiger partial charge in [0.1, 0.15) is 6.04 Å². The Morgan fingerprint density at radius 1 is 1.42 bits per heavy atom. The fourth-order valence-corrected chi connectivity index (χ4v) is 1.91. The highest BCUT2D eigenvalue weighted by molar-refractivity contribution is 7.12. The summed E-state index contributed by atoms with van der Waals surface area (Å²) >= 11 is 1.30. The summed E-state index contributed by atoms with van der Waals surface area (Å²) < 4.78 is 4.45. The van der Waals surface area contributed by atoms with Crippen LogP contribution >= 0.6 is 11.3 Å². The average molecular weight is 284 g/mol. The summed E-state index contributed by atoms with van der Waals surface area (Å²) in [6.45, 7) is 1.77. The minimum atomic E-state index is -0.660. The highest BCUT2D eigenvalue weighted by atomic mass is 32.1. The first-order valence-electron chi connectivity index (χ1n) is 5.73. The van der Waals surface area contributed by atoms with Crippen molar-refractivity contribution in [1.82, 2.24) is 10.6 Å². The number of methoxy groups -OCH3 is 1. The summed E-state index contributed by atoms with van der Waals surface area (Å²) in [4.78, 5) is 34.7. The van der Waals surface area contributed by atoms with Crippen molar-refractivity contribution in [3.05, 3.63) is 22.4 Å². The zero-order chi connectivity index (χ0) is 14.3. The van der Waals surface area contributed by atoms with Crippen molar-refractivity contribution < 1.29 is 19.1 Å². The van der Waals surface area contributed by atoms with E-state index >= 15 is 0 Å². The summed E-state index contributed by atoms with van der Waals surface area (Å²) in [5.74, 6) is -1.02. The second-order valence-corrected chi connectivity index (χ2v) is 4.74. The first-order valence-corrected chi connectivity index (χ1v) is 6.61. The number of nitrogens with one attached hydrogen (secondary N) is 2. The molecule has 1 unspecified atom stereocenters. The maximum absolute atomic E-state index is 11.7. The molecule has 1 rings (SSSR count). The summed E-state index contributed by atoms with van der Waals surface area (Å²) in [6.07, 6.45) is 0.105. The predicted molar refractivity (Wildman–Crippen MR) is 70.9 cm³/mol. The molecule has 0 saturated heterocycles. The van der Waals surface area contributed by atoms with E-state index in [1.165, 1.54) is 18.4 Å². The van der Waals surface area contributed by atoms with E-state index in [2.05, 4.69) is 15.4 Å². The number of carbonyl (C=O) groups excluding carboxylic acids is 3. The summed E-state index contributed by atoms with van der Waals surface area (Å²) in [6, 6.07) is 2.79. The zero-order valence-corrected chi connectivity index (χ0v) is 11.6. The van der Waals surface area contributed by atoms with Crippen LogP contribution in [0.25, 0.3) is 0 Å². The number of carbonyl (C=O) groups is 3. The van der Waals surface area contributed by atoms with Crippen LogP contribution in [0.3, 0.4) is 0 Å². The monoisotopic (exact) mass is 284 g/mol. The molecule has 0 radical (unpaired) electrons. The normalized spacial score (nSPS) is 11.5. The molecule has 0 fully saturated rings. The number of ether oxygens (including phenoxy) is 1. The molecule has 0 aromatic carbocycles. The van der Waals surface area contributed by atoms with Crippen LogP contribution in [0.2, 0.25) is 0 Å². The van der Waals surface area contributed by atoms with Crippen molar-refractivity contribution in [3.8, 4) is 0 Å². The van der Waals surface area contributed by atoms with E-state index in [0.717, 1.165) is 0 Å². The molecule has 2 amide bonds. The molecule has 0 aliphatic carbocycles. The third-order valence-corrected chi connectivity index (χ3v) is 3.21. The summed E-state index contributed by atoms with van der Waals surface area (Å²) in [7, 11) is 1.29. The fourth-order valence-electron chi connectivity index (χ4n) is 1.28. The van der Waals surface area contributed by atoms with E-state index in [0.29, 0.717) is 4.88 Å². The van der Waals surface area contributed by atoms with Crippen LogP contribution in [0.5, 0.6) is 0 Å². The van der Waals surface area contributed by atoms with Crippen molar-refractivity contribution in [2.24, 2.45) is 0 Å². The molecule has 104 valence electrons. The van der Waals surface area contributed by atoms with Crippen LogP contribution in [0.15, 0.2) is 17.5 Å². The lowest BCUT2D eigenvalue weighted by Gasteiger charge is -2.13. The van der Waals surface area contributed by atoms with Crippen LogP contribution in [0.1, 0.15) is 23.0 Å². The maximum Gasteiger partial charge on any atom is 0.307 e. The third kappa shape index (κ3) is 5.09. The first kappa shape index (κ1) is 15.2. The van der Waals surface area contributed by atoms with Gasteiger partial charge in [-0.1, -0.05) is 6.07 Å². The number of rotatable bonds is 6. The molecule has 1 heterocycles. The number of hydrogen-bond donors (Lipinski definition) is 2. The van der Waals surface area contributed by atoms with Gasteiger partial charge in [0.15, 0.2) is 0 Å². The topological polar surface area (TPSA) is 84.5 Å². The Bertz CT molecular complexity index is 445. The van der Waals surface area contributed by atoms with Crippen molar-refractivity contribution in [2.75, 3.05) is 13.7 Å². The largest absolute Gasteiger partial charge is 0.469 e. The van der Waals surface area contributed by atoms with Gasteiger partial charge < -0.3 is 15.4 Å². The minimum absolute atomic E-state index is 0.105. The summed E-state index contributed by atoms with van der Waals surface area (Å²) in [5, 5.41) is 6.91. The molecule has 2 N–H and O–H groups in total. The Morgan fingerprint density at radius 3 is 2.74 bits per heavy atom. The molecule has 1 atom stereocenters. The van der Waals surface area contributed by atoms with E-state index in [1.54, 1.807) is 24.4 Å². The van der Waals surface area contributed by atoms with Gasteiger partial charge in [-0.05, 0) is 18.4 Å². The van der Waals surface area contributed by atoms with Crippen LogP contribution in [-0.2, 0) is 14.3 Å². The van der Waals surface area contributed by atoms with Gasteiger partial charge in [-0.3, -0.25) is 14.4 Å². The molecule has 1 aromatic rings. The number of esters is 1. The van der Waals surface area contributed by atoms with Crippen LogP contribution in [0, 0.1) is 0 Å². The zero-order valence-electron chi connectivity index (χ0n) is 10.8. The molecule has 6 nitrogen and oxygen atoms in total. The van der Waals surface area contributed by atoms with Crippen molar-refractivity contribution in [1.29, 1.82) is 0 Å². The van der Waals surface area contributed by atoms with Crippen LogP contribution in [0.4, 0.5) is 0 Å². The molecule has 0 aliphatic heterocycles. The van der Waals surface area contributed by atoms with Crippen molar-refractivity contribution in [3.63, 3.8) is 0 Å². The van der Waals surface area contributed by atoms with Gasteiger partial charge in [0.25, 0.3) is 5.91 Å². The number of hydrogen-bond acceptors (Lipinski definition) is 5. The molecule has 0 aliphatic rings. The van der Waals surface area contributed by atoms with Crippen molar-refractivity contribution >= 4 is 29.1 Å². The minimum Gasteiger partial charge on any atom is -0.469 e. The second-order valence-electron chi connectivity index (χ2n) is 3.79. The lowest BCUT2D eigenvalue weighted by atomic mass is 10.3. The highest BCUT2D eigenvalue weighted by Gasteiger charge is 2.16. The van der Waals surface area contributed by atoms with E-state index < -0.39 is 12.0 Å². The average Bonchev–Trinajstić information content (AvgIpc) is 2.92. The molecular weight excluding hydrogens is 268 g/mol. The SMILES string of the molecule is COC(=O)CCNC(=O)C(C)NC(=O)c1cccs1. The van der Waals surface area contributed by atoms with E-state index in [4.69, 9.17) is 0 Å². The van der Waals surface area contributed by atoms with Gasteiger partial charge in [-0.25, -0.2) is 0 Å². The third-order valence-electron chi connectivity index (χ3n) is 2.34. The highest BCUT2D eigenvalue weighted by Crippen LogP contribution is 2.07. The molecule has 19 heavy (non-hydrogen) atoms. The Morgan fingerprint density at radius 2 is 2.16 bits per heavy atom. The van der Waals surface area contributed by atoms with Gasteiger partial charge in [0, 0.05) is 6.54 Å². The molecule has 0 spiro atoms. The number of amides is 2. The van der Waals surface area contributed by atoms with E-state index in [1.807, 2.05) is 0 Å². The van der Waals surface area contributed by atoms with E-state index in [9.17, 15) is 14.4 Å². The molecule has 1 aromatic heterocycles. The van der Waals surface area contributed by atoms with Gasteiger partial charge in [0.2, 0.25) is 5.91 Å². The summed E-state index contributed by atoms with van der Waals surface area (Å²) in [5.41, 5.74) is 0. The second kappa shape index (κ2) is 7.52. The van der Waals surface area contributed by atoms with Gasteiger partial charge in [0.05, 0.1) is 18.4 Å². The standard InChI is InChI=1S/C12H16N2O4S/c1-8(11(16)13-6-5-10(15)18-2)14-12(17)9-4-3-7-19-9/h3-4,7-8H,5-6H2,1-2H3,(H,13,16)(H,14,17).